The second-order valence-electron chi connectivity index (χ2n) is 9.41. The van der Waals surface area contributed by atoms with Gasteiger partial charge in [0.15, 0.2) is 12.2 Å². The summed E-state index contributed by atoms with van der Waals surface area (Å²) < 4.78 is 42.2. The van der Waals surface area contributed by atoms with Crippen LogP contribution in [-0.2, 0) is 38.0 Å². The topological polar surface area (TPSA) is 159 Å². The van der Waals surface area contributed by atoms with Crippen molar-refractivity contribution >= 4 is 30.0 Å². The first kappa shape index (κ1) is 31.2. The van der Waals surface area contributed by atoms with Crippen molar-refractivity contribution in [3.8, 4) is 11.5 Å². The van der Waals surface area contributed by atoms with E-state index in [0.717, 1.165) is 6.08 Å². The van der Waals surface area contributed by atoms with Crippen LogP contribution in [0.15, 0.2) is 61.2 Å². The highest BCUT2D eigenvalue weighted by Crippen LogP contribution is 2.31. The molecule has 2 saturated heterocycles. The van der Waals surface area contributed by atoms with Crippen LogP contribution >= 0.6 is 0 Å². The molecule has 0 aromatic heterocycles. The third-order valence-electron chi connectivity index (χ3n) is 6.30. The van der Waals surface area contributed by atoms with Crippen molar-refractivity contribution in [2.45, 2.75) is 44.2 Å². The molecule has 2 aromatic carbocycles. The fourth-order valence-electron chi connectivity index (χ4n) is 4.25. The summed E-state index contributed by atoms with van der Waals surface area (Å²) in [5.41, 5.74) is 0.417. The van der Waals surface area contributed by atoms with Crippen LogP contribution < -0.4 is 9.47 Å². The van der Waals surface area contributed by atoms with E-state index in [1.807, 2.05) is 0 Å². The number of unbranched alkanes of at least 4 members (excludes halogenated alkanes) is 1. The Labute approximate surface area is 246 Å². The Balaban J connectivity index is 1.19. The predicted molar refractivity (Wildman–Crippen MR) is 144 cm³/mol. The van der Waals surface area contributed by atoms with Gasteiger partial charge in [0.1, 0.15) is 23.7 Å². The van der Waals surface area contributed by atoms with Crippen molar-refractivity contribution in [1.82, 2.24) is 0 Å². The average molecular weight is 599 g/mol. The maximum atomic E-state index is 12.7. The number of hydrogen-bond acceptors (Lipinski definition) is 13. The Kier molecular flexibility index (Phi) is 10.8. The summed E-state index contributed by atoms with van der Waals surface area (Å²) in [6, 6.07) is 11.4. The van der Waals surface area contributed by atoms with Crippen molar-refractivity contribution in [2.24, 2.45) is 0 Å². The Morgan fingerprint density at radius 2 is 1.26 bits per heavy atom. The van der Waals surface area contributed by atoms with Crippen molar-refractivity contribution in [3.63, 3.8) is 0 Å². The molecule has 2 unspecified atom stereocenters. The first-order valence-electron chi connectivity index (χ1n) is 13.4. The zero-order valence-corrected chi connectivity index (χ0v) is 23.3. The van der Waals surface area contributed by atoms with Crippen LogP contribution in [0.4, 0.5) is 4.79 Å². The number of ether oxygens (including phenoxy) is 8. The van der Waals surface area contributed by atoms with Gasteiger partial charge in [0, 0.05) is 13.0 Å². The van der Waals surface area contributed by atoms with Gasteiger partial charge in [-0.1, -0.05) is 6.58 Å². The maximum absolute atomic E-state index is 12.7. The fraction of sp³-hybridized carbons (Fsp3) is 0.367. The summed E-state index contributed by atoms with van der Waals surface area (Å²) in [7, 11) is 0. The van der Waals surface area contributed by atoms with Crippen LogP contribution in [0.25, 0.3) is 0 Å². The molecule has 2 fully saturated rings. The van der Waals surface area contributed by atoms with Gasteiger partial charge in [-0.2, -0.15) is 0 Å². The number of hydrogen-bond donors (Lipinski definition) is 0. The summed E-state index contributed by atoms with van der Waals surface area (Å²) in [4.78, 5) is 59.2. The van der Waals surface area contributed by atoms with E-state index in [0.29, 0.717) is 12.8 Å². The molecule has 0 radical (unpaired) electrons. The van der Waals surface area contributed by atoms with Crippen molar-refractivity contribution < 1.29 is 61.9 Å². The molecule has 0 aliphatic carbocycles. The van der Waals surface area contributed by atoms with Crippen LogP contribution in [0.2, 0.25) is 0 Å². The number of esters is 4. The molecular formula is C30H30O13. The number of benzene rings is 2. The van der Waals surface area contributed by atoms with E-state index in [2.05, 4.69) is 6.58 Å². The molecule has 228 valence electrons. The molecule has 0 amide bonds. The quantitative estimate of drug-likeness (QED) is 0.0876. The summed E-state index contributed by atoms with van der Waals surface area (Å²) in [5, 5.41) is 0. The van der Waals surface area contributed by atoms with Crippen molar-refractivity contribution in [2.75, 3.05) is 26.4 Å². The largest absolute Gasteiger partial charge is 0.513 e. The van der Waals surface area contributed by atoms with Gasteiger partial charge in [-0.25, -0.2) is 19.2 Å². The number of carbonyl (C=O) groups excluding carboxylic acids is 5. The summed E-state index contributed by atoms with van der Waals surface area (Å²) in [6.45, 7) is 5.12. The molecule has 0 saturated carbocycles. The third kappa shape index (κ3) is 8.87. The molecule has 0 spiro atoms. The molecule has 4 atom stereocenters. The molecule has 0 bridgehead atoms. The van der Waals surface area contributed by atoms with E-state index in [1.54, 1.807) is 0 Å². The lowest BCUT2D eigenvalue weighted by Crippen LogP contribution is -2.35. The van der Waals surface area contributed by atoms with Gasteiger partial charge in [-0.15, -0.1) is 0 Å². The molecule has 2 aliphatic rings. The summed E-state index contributed by atoms with van der Waals surface area (Å²) >= 11 is 0. The molecule has 2 aliphatic heterocycles. The van der Waals surface area contributed by atoms with Gasteiger partial charge in [0.2, 0.25) is 0 Å². The van der Waals surface area contributed by atoms with Gasteiger partial charge in [0.05, 0.1) is 37.6 Å². The Hall–Kier alpha value is -4.75. The Bertz CT molecular complexity index is 1320. The van der Waals surface area contributed by atoms with E-state index in [4.69, 9.17) is 37.9 Å². The van der Waals surface area contributed by atoms with Crippen LogP contribution in [0.5, 0.6) is 11.5 Å². The van der Waals surface area contributed by atoms with E-state index in [1.165, 1.54) is 55.5 Å². The molecule has 2 aromatic rings. The molecular weight excluding hydrogens is 568 g/mol. The first-order chi connectivity index (χ1) is 20.7. The van der Waals surface area contributed by atoms with Gasteiger partial charge in [0.25, 0.3) is 0 Å². The van der Waals surface area contributed by atoms with Crippen molar-refractivity contribution in [3.05, 3.63) is 72.3 Å². The predicted octanol–water partition coefficient (Wildman–Crippen LogP) is 3.19. The molecule has 2 heterocycles. The summed E-state index contributed by atoms with van der Waals surface area (Å²) in [5.74, 6) is -1.90. The number of rotatable bonds is 12. The van der Waals surface area contributed by atoms with E-state index >= 15 is 0 Å². The van der Waals surface area contributed by atoms with Crippen LogP contribution in [0.1, 0.15) is 40.5 Å². The third-order valence-corrected chi connectivity index (χ3v) is 6.30. The first-order valence-corrected chi connectivity index (χ1v) is 13.4. The zero-order chi connectivity index (χ0) is 30.8. The lowest BCUT2D eigenvalue weighted by molar-refractivity contribution is -0.151. The van der Waals surface area contributed by atoms with Gasteiger partial charge < -0.3 is 37.9 Å². The monoisotopic (exact) mass is 598 g/mol. The fourth-order valence-corrected chi connectivity index (χ4v) is 4.25. The van der Waals surface area contributed by atoms with E-state index < -0.39 is 54.4 Å². The Morgan fingerprint density at radius 3 is 1.81 bits per heavy atom. The molecule has 0 N–H and O–H groups in total. The minimum atomic E-state index is -0.917. The van der Waals surface area contributed by atoms with Crippen LogP contribution in [0.3, 0.4) is 0 Å². The SMILES string of the molecule is C=CC(=O)OCCCCOC(=O)Oc1ccc(C(=O)Oc2ccc(C(=O)OC3CO[C@H]4C(OC(C)=O)CO[C@@H]34)cc2)cc1. The van der Waals surface area contributed by atoms with Gasteiger partial charge >= 0.3 is 30.0 Å². The Morgan fingerprint density at radius 1 is 0.744 bits per heavy atom. The second kappa shape index (κ2) is 14.9. The van der Waals surface area contributed by atoms with E-state index in [-0.39, 0.29) is 49.1 Å². The van der Waals surface area contributed by atoms with Crippen LogP contribution in [-0.4, -0.2) is 80.9 Å². The zero-order valence-electron chi connectivity index (χ0n) is 23.3. The highest BCUT2D eigenvalue weighted by Gasteiger charge is 2.51. The lowest BCUT2D eigenvalue weighted by Gasteiger charge is -2.17. The number of carbonyl (C=O) groups is 5. The van der Waals surface area contributed by atoms with Crippen molar-refractivity contribution in [1.29, 1.82) is 0 Å². The van der Waals surface area contributed by atoms with Gasteiger partial charge in [-0.3, -0.25) is 4.79 Å². The lowest BCUT2D eigenvalue weighted by atomic mass is 10.1. The molecule has 13 heteroatoms. The normalized spacial score (nSPS) is 20.3. The second-order valence-corrected chi connectivity index (χ2v) is 9.41. The minimum Gasteiger partial charge on any atom is -0.463 e. The highest BCUT2D eigenvalue weighted by atomic mass is 16.7. The molecule has 43 heavy (non-hydrogen) atoms. The smallest absolute Gasteiger partial charge is 0.463 e. The molecule has 13 nitrogen and oxygen atoms in total. The number of fused-ring (bicyclic) bond motifs is 1. The highest BCUT2D eigenvalue weighted by molar-refractivity contribution is 5.92. The minimum absolute atomic E-state index is 0.0772. The van der Waals surface area contributed by atoms with Crippen LogP contribution in [0, 0.1) is 0 Å². The van der Waals surface area contributed by atoms with Gasteiger partial charge in [-0.05, 0) is 61.4 Å². The standard InChI is InChI=1S/C30H30O13/c1-3-25(32)36-14-4-5-15-37-30(35)42-22-12-8-19(9-13-22)28(33)41-21-10-6-20(7-11-21)29(34)43-24-17-39-26-23(40-18(2)31)16-38-27(24)26/h3,6-13,23-24,26-27H,1,4-5,14-17H2,2H3/t23?,24?,26-,27-/m0/s1. The maximum Gasteiger partial charge on any atom is 0.513 e. The molecule has 4 rings (SSSR count). The average Bonchev–Trinajstić information content (AvgIpc) is 3.58. The summed E-state index contributed by atoms with van der Waals surface area (Å²) in [6.07, 6.45) is -1.13. The van der Waals surface area contributed by atoms with E-state index in [9.17, 15) is 24.0 Å².